The smallest absolute Gasteiger partial charge is 0.289 e. The Kier molecular flexibility index (Phi) is 4.42. The van der Waals surface area contributed by atoms with Crippen molar-refractivity contribution in [1.82, 2.24) is 10.2 Å². The molecule has 0 aliphatic carbocycles. The first kappa shape index (κ1) is 13.1. The third-order valence-corrected chi connectivity index (χ3v) is 3.31. The van der Waals surface area contributed by atoms with E-state index in [0.29, 0.717) is 11.7 Å². The highest BCUT2D eigenvalue weighted by Crippen LogP contribution is 2.17. The molecule has 1 atom stereocenters. The molecule has 1 aromatic rings. The molecule has 1 unspecified atom stereocenters. The van der Waals surface area contributed by atoms with Crippen LogP contribution in [0.15, 0.2) is 22.8 Å². The van der Waals surface area contributed by atoms with Crippen LogP contribution in [0.25, 0.3) is 0 Å². The average Bonchev–Trinajstić information content (AvgIpc) is 2.76. The molecule has 1 aliphatic heterocycles. The van der Waals surface area contributed by atoms with Crippen LogP contribution in [0.3, 0.4) is 0 Å². The van der Waals surface area contributed by atoms with Crippen molar-refractivity contribution in [3.05, 3.63) is 24.2 Å². The van der Waals surface area contributed by atoms with Gasteiger partial charge >= 0.3 is 0 Å². The van der Waals surface area contributed by atoms with E-state index in [2.05, 4.69) is 19.2 Å². The number of nitrogens with zero attached hydrogens (tertiary/aromatic N) is 1. The minimum atomic E-state index is 0.0225. The van der Waals surface area contributed by atoms with E-state index in [9.17, 15) is 4.79 Å². The highest BCUT2D eigenvalue weighted by Gasteiger charge is 2.27. The van der Waals surface area contributed by atoms with E-state index in [4.69, 9.17) is 4.42 Å². The first-order valence-corrected chi connectivity index (χ1v) is 6.73. The molecule has 0 saturated carbocycles. The summed E-state index contributed by atoms with van der Waals surface area (Å²) in [5.74, 6) is 1.06. The number of furan rings is 1. The summed E-state index contributed by atoms with van der Waals surface area (Å²) >= 11 is 0. The minimum Gasteiger partial charge on any atom is -0.459 e. The Balaban J connectivity index is 2.12. The Morgan fingerprint density at radius 1 is 1.61 bits per heavy atom. The SMILES string of the molecule is CC(C)CC1CNCCCN1C(=O)c1ccco1. The lowest BCUT2D eigenvalue weighted by molar-refractivity contribution is 0.0640. The summed E-state index contributed by atoms with van der Waals surface area (Å²) in [7, 11) is 0. The molecule has 1 amide bonds. The largest absolute Gasteiger partial charge is 0.459 e. The van der Waals surface area contributed by atoms with Gasteiger partial charge in [-0.25, -0.2) is 0 Å². The summed E-state index contributed by atoms with van der Waals surface area (Å²) in [6, 6.07) is 3.78. The molecule has 0 spiro atoms. The van der Waals surface area contributed by atoms with Gasteiger partial charge in [-0.15, -0.1) is 0 Å². The van der Waals surface area contributed by atoms with Gasteiger partial charge in [-0.2, -0.15) is 0 Å². The van der Waals surface area contributed by atoms with Gasteiger partial charge in [0.05, 0.1) is 6.26 Å². The lowest BCUT2D eigenvalue weighted by atomic mass is 10.0. The normalized spacial score (nSPS) is 21.1. The maximum atomic E-state index is 12.4. The van der Waals surface area contributed by atoms with E-state index in [1.807, 2.05) is 4.90 Å². The van der Waals surface area contributed by atoms with Crippen molar-refractivity contribution in [3.63, 3.8) is 0 Å². The van der Waals surface area contributed by atoms with Crippen molar-refractivity contribution >= 4 is 5.91 Å². The second-order valence-electron chi connectivity index (χ2n) is 5.32. The van der Waals surface area contributed by atoms with Gasteiger partial charge < -0.3 is 14.6 Å². The molecular weight excluding hydrogens is 228 g/mol. The highest BCUT2D eigenvalue weighted by atomic mass is 16.3. The summed E-state index contributed by atoms with van der Waals surface area (Å²) < 4.78 is 5.23. The van der Waals surface area contributed by atoms with Gasteiger partial charge in [-0.3, -0.25) is 4.79 Å². The molecule has 1 fully saturated rings. The summed E-state index contributed by atoms with van der Waals surface area (Å²) in [4.78, 5) is 14.4. The predicted octanol–water partition coefficient (Wildman–Crippen LogP) is 2.13. The molecule has 1 aromatic heterocycles. The first-order valence-electron chi connectivity index (χ1n) is 6.73. The van der Waals surface area contributed by atoms with E-state index in [1.54, 1.807) is 18.4 Å². The number of amides is 1. The van der Waals surface area contributed by atoms with Gasteiger partial charge in [0.25, 0.3) is 5.91 Å². The Bertz CT molecular complexity index is 373. The first-order chi connectivity index (χ1) is 8.68. The molecular formula is C14H22N2O2. The number of carbonyl (C=O) groups is 1. The van der Waals surface area contributed by atoms with Crippen LogP contribution < -0.4 is 5.32 Å². The molecule has 100 valence electrons. The highest BCUT2D eigenvalue weighted by molar-refractivity contribution is 5.91. The van der Waals surface area contributed by atoms with Crippen LogP contribution in [0.2, 0.25) is 0 Å². The lowest BCUT2D eigenvalue weighted by Crippen LogP contribution is -2.44. The quantitative estimate of drug-likeness (QED) is 0.894. The van der Waals surface area contributed by atoms with E-state index in [1.165, 1.54) is 0 Å². The zero-order valence-corrected chi connectivity index (χ0v) is 11.2. The standard InChI is InChI=1S/C14H22N2O2/c1-11(2)9-12-10-15-6-4-7-16(12)14(17)13-5-3-8-18-13/h3,5,8,11-12,15H,4,6-7,9-10H2,1-2H3. The Hall–Kier alpha value is -1.29. The topological polar surface area (TPSA) is 45.5 Å². The van der Waals surface area contributed by atoms with Crippen molar-refractivity contribution in [3.8, 4) is 0 Å². The minimum absolute atomic E-state index is 0.0225. The van der Waals surface area contributed by atoms with E-state index in [-0.39, 0.29) is 11.9 Å². The lowest BCUT2D eigenvalue weighted by Gasteiger charge is -2.30. The van der Waals surface area contributed by atoms with E-state index in [0.717, 1.165) is 32.5 Å². The molecule has 18 heavy (non-hydrogen) atoms. The van der Waals surface area contributed by atoms with Crippen LogP contribution in [-0.4, -0.2) is 36.5 Å². The van der Waals surface area contributed by atoms with Gasteiger partial charge in [0.1, 0.15) is 0 Å². The molecule has 1 N–H and O–H groups in total. The molecule has 1 saturated heterocycles. The number of hydrogen-bond acceptors (Lipinski definition) is 3. The average molecular weight is 250 g/mol. The summed E-state index contributed by atoms with van der Waals surface area (Å²) in [6.45, 7) is 7.06. The van der Waals surface area contributed by atoms with Gasteiger partial charge in [0.2, 0.25) is 0 Å². The molecule has 0 radical (unpaired) electrons. The molecule has 1 aliphatic rings. The fraction of sp³-hybridized carbons (Fsp3) is 0.643. The number of rotatable bonds is 3. The fourth-order valence-corrected chi connectivity index (χ4v) is 2.50. The molecule has 2 rings (SSSR count). The third-order valence-electron chi connectivity index (χ3n) is 3.31. The van der Waals surface area contributed by atoms with Crippen molar-refractivity contribution in [2.45, 2.75) is 32.7 Å². The van der Waals surface area contributed by atoms with Gasteiger partial charge in [-0.05, 0) is 37.4 Å². The van der Waals surface area contributed by atoms with Crippen LogP contribution >= 0.6 is 0 Å². The van der Waals surface area contributed by atoms with Crippen molar-refractivity contribution < 1.29 is 9.21 Å². The molecule has 4 nitrogen and oxygen atoms in total. The Morgan fingerprint density at radius 2 is 2.44 bits per heavy atom. The number of nitrogens with one attached hydrogen (secondary N) is 1. The molecule has 4 heteroatoms. The zero-order valence-electron chi connectivity index (χ0n) is 11.2. The number of hydrogen-bond donors (Lipinski definition) is 1. The molecule has 0 bridgehead atoms. The maximum Gasteiger partial charge on any atom is 0.289 e. The van der Waals surface area contributed by atoms with Gasteiger partial charge in [0, 0.05) is 19.1 Å². The number of carbonyl (C=O) groups excluding carboxylic acids is 1. The van der Waals surface area contributed by atoms with Crippen molar-refractivity contribution in [2.24, 2.45) is 5.92 Å². The third kappa shape index (κ3) is 3.13. The van der Waals surface area contributed by atoms with Gasteiger partial charge in [0.15, 0.2) is 5.76 Å². The second kappa shape index (κ2) is 6.05. The van der Waals surface area contributed by atoms with Crippen molar-refractivity contribution in [2.75, 3.05) is 19.6 Å². The zero-order chi connectivity index (χ0) is 13.0. The monoisotopic (exact) mass is 250 g/mol. The Morgan fingerprint density at radius 3 is 3.11 bits per heavy atom. The molecule has 0 aromatic carbocycles. The van der Waals surface area contributed by atoms with Crippen LogP contribution in [0.5, 0.6) is 0 Å². The maximum absolute atomic E-state index is 12.4. The van der Waals surface area contributed by atoms with Crippen LogP contribution in [0.1, 0.15) is 37.2 Å². The predicted molar refractivity (Wildman–Crippen MR) is 70.5 cm³/mol. The van der Waals surface area contributed by atoms with Gasteiger partial charge in [-0.1, -0.05) is 13.8 Å². The Labute approximate surface area is 108 Å². The van der Waals surface area contributed by atoms with Crippen molar-refractivity contribution in [1.29, 1.82) is 0 Å². The van der Waals surface area contributed by atoms with E-state index < -0.39 is 0 Å². The summed E-state index contributed by atoms with van der Waals surface area (Å²) in [5, 5.41) is 3.41. The van der Waals surface area contributed by atoms with Crippen LogP contribution in [0.4, 0.5) is 0 Å². The van der Waals surface area contributed by atoms with Crippen LogP contribution in [-0.2, 0) is 0 Å². The fourth-order valence-electron chi connectivity index (χ4n) is 2.50. The molecule has 2 heterocycles. The van der Waals surface area contributed by atoms with Crippen LogP contribution in [0, 0.1) is 5.92 Å². The van der Waals surface area contributed by atoms with E-state index >= 15 is 0 Å². The second-order valence-corrected chi connectivity index (χ2v) is 5.32. The summed E-state index contributed by atoms with van der Waals surface area (Å²) in [6.07, 6.45) is 3.58. The summed E-state index contributed by atoms with van der Waals surface area (Å²) in [5.41, 5.74) is 0.